The van der Waals surface area contributed by atoms with Crippen molar-refractivity contribution in [3.63, 3.8) is 0 Å². The maximum atomic E-state index is 13.8. The largest absolute Gasteiger partial charge is 0.401 e. The van der Waals surface area contributed by atoms with Crippen LogP contribution in [0.4, 0.5) is 0 Å². The zero-order valence-corrected chi connectivity index (χ0v) is 30.0. The number of nitrogens with zero attached hydrogens (tertiary/aromatic N) is 1. The minimum Gasteiger partial charge on any atom is -0.401 e. The molecule has 1 unspecified atom stereocenters. The van der Waals surface area contributed by atoms with E-state index in [1.807, 2.05) is 78.9 Å². The molecule has 0 saturated heterocycles. The SMILES string of the molecule is C=C(N)CN(CCc1ccc(Cl)cc1)C(=O)CC(NCCC(c1ccccc1)c1ccccc1)C(=O)NCCc1ccc(I)cc1Cl. The molecule has 0 radical (unpaired) electrons. The van der Waals surface area contributed by atoms with Crippen LogP contribution in [0.3, 0.4) is 0 Å². The number of benzene rings is 4. The fourth-order valence-electron chi connectivity index (χ4n) is 5.48. The van der Waals surface area contributed by atoms with Crippen LogP contribution in [0.15, 0.2) is 115 Å². The van der Waals surface area contributed by atoms with Gasteiger partial charge in [-0.25, -0.2) is 0 Å². The molecule has 0 heterocycles. The van der Waals surface area contributed by atoms with Gasteiger partial charge in [0.05, 0.1) is 19.0 Å². The highest BCUT2D eigenvalue weighted by molar-refractivity contribution is 14.1. The van der Waals surface area contributed by atoms with Gasteiger partial charge in [-0.2, -0.15) is 0 Å². The van der Waals surface area contributed by atoms with Crippen LogP contribution in [-0.2, 0) is 22.4 Å². The summed E-state index contributed by atoms with van der Waals surface area (Å²) in [4.78, 5) is 29.1. The number of amides is 2. The number of halogens is 3. The van der Waals surface area contributed by atoms with Gasteiger partial charge in [-0.15, -0.1) is 0 Å². The molecule has 4 rings (SSSR count). The van der Waals surface area contributed by atoms with Crippen molar-refractivity contribution in [2.75, 3.05) is 26.2 Å². The summed E-state index contributed by atoms with van der Waals surface area (Å²) in [5.74, 6) is -0.287. The van der Waals surface area contributed by atoms with Gasteiger partial charge in [0, 0.05) is 38.3 Å². The number of rotatable bonds is 17. The molecule has 0 fully saturated rings. The lowest BCUT2D eigenvalue weighted by Crippen LogP contribution is -2.49. The summed E-state index contributed by atoms with van der Waals surface area (Å²) in [6.07, 6.45) is 1.91. The first-order chi connectivity index (χ1) is 22.7. The average Bonchev–Trinajstić information content (AvgIpc) is 3.06. The van der Waals surface area contributed by atoms with Crippen LogP contribution in [0.1, 0.15) is 41.0 Å². The summed E-state index contributed by atoms with van der Waals surface area (Å²) in [6, 6.07) is 33.3. The second-order valence-electron chi connectivity index (χ2n) is 11.5. The van der Waals surface area contributed by atoms with Gasteiger partial charge >= 0.3 is 0 Å². The molecule has 0 saturated carbocycles. The Morgan fingerprint density at radius 1 is 0.851 bits per heavy atom. The maximum absolute atomic E-state index is 13.8. The molecule has 1 atom stereocenters. The monoisotopic (exact) mass is 782 g/mol. The first-order valence-electron chi connectivity index (χ1n) is 15.7. The van der Waals surface area contributed by atoms with E-state index in [4.69, 9.17) is 28.9 Å². The molecule has 246 valence electrons. The third-order valence-corrected chi connectivity index (χ3v) is 9.24. The molecular formula is C38H41Cl2IN4O2. The first-order valence-corrected chi connectivity index (χ1v) is 17.5. The third-order valence-electron chi connectivity index (χ3n) is 7.96. The van der Waals surface area contributed by atoms with E-state index in [0.29, 0.717) is 48.2 Å². The van der Waals surface area contributed by atoms with Gasteiger partial charge in [0.1, 0.15) is 0 Å². The van der Waals surface area contributed by atoms with Crippen LogP contribution in [-0.4, -0.2) is 48.9 Å². The normalized spacial score (nSPS) is 11.7. The van der Waals surface area contributed by atoms with Crippen molar-refractivity contribution in [1.29, 1.82) is 0 Å². The van der Waals surface area contributed by atoms with Crippen molar-refractivity contribution in [3.8, 4) is 0 Å². The lowest BCUT2D eigenvalue weighted by Gasteiger charge is -2.26. The molecule has 4 aromatic carbocycles. The van der Waals surface area contributed by atoms with E-state index < -0.39 is 6.04 Å². The number of hydrogen-bond acceptors (Lipinski definition) is 4. The van der Waals surface area contributed by atoms with Crippen LogP contribution < -0.4 is 16.4 Å². The second-order valence-corrected chi connectivity index (χ2v) is 13.6. The van der Waals surface area contributed by atoms with Gasteiger partial charge in [-0.3, -0.25) is 9.59 Å². The van der Waals surface area contributed by atoms with E-state index in [9.17, 15) is 9.59 Å². The molecule has 0 aliphatic heterocycles. The number of carbonyl (C=O) groups excluding carboxylic acids is 2. The Balaban J connectivity index is 1.46. The number of carbonyl (C=O) groups is 2. The van der Waals surface area contributed by atoms with Crippen molar-refractivity contribution in [2.24, 2.45) is 5.73 Å². The Hall–Kier alpha value is -3.37. The summed E-state index contributed by atoms with van der Waals surface area (Å²) in [5, 5.41) is 7.78. The molecule has 6 nitrogen and oxygen atoms in total. The van der Waals surface area contributed by atoms with Crippen LogP contribution >= 0.6 is 45.8 Å². The van der Waals surface area contributed by atoms with Crippen LogP contribution in [0.5, 0.6) is 0 Å². The van der Waals surface area contributed by atoms with Gasteiger partial charge in [-0.1, -0.05) is 109 Å². The lowest BCUT2D eigenvalue weighted by molar-refractivity contribution is -0.134. The Bertz CT molecular complexity index is 1560. The molecule has 47 heavy (non-hydrogen) atoms. The fraction of sp³-hybridized carbons (Fsp3) is 0.263. The smallest absolute Gasteiger partial charge is 0.237 e. The van der Waals surface area contributed by atoms with E-state index in [0.717, 1.165) is 21.1 Å². The molecule has 0 aromatic heterocycles. The zero-order valence-electron chi connectivity index (χ0n) is 26.3. The van der Waals surface area contributed by atoms with Gasteiger partial charge in [0.2, 0.25) is 11.8 Å². The predicted molar refractivity (Wildman–Crippen MR) is 202 cm³/mol. The van der Waals surface area contributed by atoms with Crippen molar-refractivity contribution >= 4 is 57.6 Å². The molecule has 0 aliphatic carbocycles. The minimum atomic E-state index is -0.744. The van der Waals surface area contributed by atoms with Crippen molar-refractivity contribution in [2.45, 2.75) is 37.6 Å². The van der Waals surface area contributed by atoms with E-state index in [1.165, 1.54) is 11.1 Å². The minimum absolute atomic E-state index is 0.0225. The van der Waals surface area contributed by atoms with Gasteiger partial charge in [-0.05, 0) is 94.9 Å². The Labute approximate surface area is 301 Å². The standard InChI is InChI=1S/C38H41Cl2IN4O2/c1-27(42)26-45(23-20-28-12-15-32(39)16-13-28)37(46)25-36(38(47)44-21-18-31-14-17-33(41)24-35(31)40)43-22-19-34(29-8-4-2-5-9-29)30-10-6-3-7-11-30/h2-17,24,34,36,43H,1,18-23,25-26,42H2,(H,44,47). The van der Waals surface area contributed by atoms with Gasteiger partial charge < -0.3 is 21.3 Å². The first kappa shape index (κ1) is 36.5. The van der Waals surface area contributed by atoms with Gasteiger partial charge in [0.25, 0.3) is 0 Å². The number of nitrogens with one attached hydrogen (secondary N) is 2. The van der Waals surface area contributed by atoms with Crippen LogP contribution in [0, 0.1) is 3.57 Å². The number of nitrogens with two attached hydrogens (primary N) is 1. The predicted octanol–water partition coefficient (Wildman–Crippen LogP) is 7.37. The highest BCUT2D eigenvalue weighted by atomic mass is 127. The number of hydrogen-bond donors (Lipinski definition) is 3. The lowest BCUT2D eigenvalue weighted by atomic mass is 9.88. The van der Waals surface area contributed by atoms with E-state index in [1.54, 1.807) is 4.90 Å². The van der Waals surface area contributed by atoms with Crippen molar-refractivity contribution in [3.05, 3.63) is 151 Å². The zero-order chi connectivity index (χ0) is 33.6. The van der Waals surface area contributed by atoms with Gasteiger partial charge in [0.15, 0.2) is 0 Å². The van der Waals surface area contributed by atoms with E-state index in [-0.39, 0.29) is 30.7 Å². The summed E-state index contributed by atoms with van der Waals surface area (Å²) in [6.45, 7) is 5.38. The molecular weight excluding hydrogens is 742 g/mol. The molecule has 4 N–H and O–H groups in total. The van der Waals surface area contributed by atoms with E-state index >= 15 is 0 Å². The second kappa shape index (κ2) is 18.8. The summed E-state index contributed by atoms with van der Waals surface area (Å²) in [5.41, 5.74) is 10.7. The summed E-state index contributed by atoms with van der Waals surface area (Å²) in [7, 11) is 0. The molecule has 9 heteroatoms. The summed E-state index contributed by atoms with van der Waals surface area (Å²) < 4.78 is 1.05. The maximum Gasteiger partial charge on any atom is 0.237 e. The highest BCUT2D eigenvalue weighted by Crippen LogP contribution is 2.27. The van der Waals surface area contributed by atoms with E-state index in [2.05, 4.69) is 64.1 Å². The molecule has 0 aliphatic rings. The Morgan fingerprint density at radius 2 is 1.49 bits per heavy atom. The highest BCUT2D eigenvalue weighted by Gasteiger charge is 2.25. The molecule has 4 aromatic rings. The van der Waals surface area contributed by atoms with Crippen LogP contribution in [0.25, 0.3) is 0 Å². The van der Waals surface area contributed by atoms with Crippen molar-refractivity contribution in [1.82, 2.24) is 15.5 Å². The topological polar surface area (TPSA) is 87.5 Å². The van der Waals surface area contributed by atoms with Crippen LogP contribution in [0.2, 0.25) is 10.0 Å². The fourth-order valence-corrected chi connectivity index (χ4v) is 6.56. The Kier molecular flexibility index (Phi) is 14.6. The average molecular weight is 784 g/mol. The third kappa shape index (κ3) is 12.0. The molecule has 0 spiro atoms. The summed E-state index contributed by atoms with van der Waals surface area (Å²) >= 11 is 14.7. The van der Waals surface area contributed by atoms with Crippen molar-refractivity contribution < 1.29 is 9.59 Å². The molecule has 2 amide bonds. The quantitative estimate of drug-likeness (QED) is 0.0978. The Morgan fingerprint density at radius 3 is 2.09 bits per heavy atom. The molecule has 0 bridgehead atoms.